The number of nitrogens with zero attached hydrogens (tertiary/aromatic N) is 3. The van der Waals surface area contributed by atoms with Crippen molar-refractivity contribution < 1.29 is 14.4 Å². The van der Waals surface area contributed by atoms with Crippen LogP contribution in [0.2, 0.25) is 0 Å². The predicted octanol–water partition coefficient (Wildman–Crippen LogP) is 2.21. The van der Waals surface area contributed by atoms with Gasteiger partial charge in [-0.15, -0.1) is 11.3 Å². The van der Waals surface area contributed by atoms with Gasteiger partial charge in [0.15, 0.2) is 0 Å². The number of hydrogen-bond acceptors (Lipinski definition) is 8. The van der Waals surface area contributed by atoms with Crippen LogP contribution in [0.1, 0.15) is 10.4 Å². The molecular formula is C15H16N4O3S3. The summed E-state index contributed by atoms with van der Waals surface area (Å²) in [5, 5.41) is 4.29. The number of hydrogen-bond donors (Lipinski definition) is 1. The Bertz CT molecular complexity index is 836. The predicted molar refractivity (Wildman–Crippen MR) is 100 cm³/mol. The van der Waals surface area contributed by atoms with Crippen molar-refractivity contribution in [2.75, 3.05) is 24.6 Å². The molecule has 1 aliphatic rings. The summed E-state index contributed by atoms with van der Waals surface area (Å²) in [5.41, 5.74) is 1.15. The second kappa shape index (κ2) is 7.71. The van der Waals surface area contributed by atoms with Crippen molar-refractivity contribution in [1.82, 2.24) is 20.2 Å². The van der Waals surface area contributed by atoms with Gasteiger partial charge in [-0.3, -0.25) is 19.3 Å². The molecule has 1 aliphatic heterocycles. The number of rotatable bonds is 6. The van der Waals surface area contributed by atoms with E-state index in [0.717, 1.165) is 32.6 Å². The molecular weight excluding hydrogens is 380 g/mol. The molecule has 3 amide bonds. The van der Waals surface area contributed by atoms with E-state index in [4.69, 9.17) is 0 Å². The zero-order chi connectivity index (χ0) is 18.0. The molecule has 3 rings (SSSR count). The topological polar surface area (TPSA) is 92.3 Å². The Morgan fingerprint density at radius 2 is 2.16 bits per heavy atom. The van der Waals surface area contributed by atoms with Crippen molar-refractivity contribution in [3.05, 3.63) is 16.8 Å². The van der Waals surface area contributed by atoms with Crippen LogP contribution in [0, 0.1) is 13.8 Å². The van der Waals surface area contributed by atoms with Gasteiger partial charge in [-0.1, -0.05) is 23.5 Å². The molecule has 1 fully saturated rings. The van der Waals surface area contributed by atoms with E-state index >= 15 is 0 Å². The lowest BCUT2D eigenvalue weighted by molar-refractivity contribution is -0.125. The number of thiophene rings is 1. The summed E-state index contributed by atoms with van der Waals surface area (Å²) in [6.07, 6.45) is 1.51. The summed E-state index contributed by atoms with van der Waals surface area (Å²) in [6, 6.07) is 0. The summed E-state index contributed by atoms with van der Waals surface area (Å²) >= 11 is 3.97. The lowest BCUT2D eigenvalue weighted by Gasteiger charge is -2.13. The second-order valence-corrected chi connectivity index (χ2v) is 8.47. The van der Waals surface area contributed by atoms with E-state index in [-0.39, 0.29) is 41.6 Å². The lowest BCUT2D eigenvalue weighted by atomic mass is 10.2. The standard InChI is InChI=1S/C15H16N4O3S3/c1-8-9(2)25-14-12(8)13(17-7-18-14)23-5-10(20)16-3-4-19-11(21)6-24-15(19)22/h7H,3-6H2,1-2H3,(H,16,20). The molecule has 0 saturated carbocycles. The van der Waals surface area contributed by atoms with Crippen molar-refractivity contribution in [2.45, 2.75) is 18.9 Å². The highest BCUT2D eigenvalue weighted by atomic mass is 32.2. The Labute approximate surface area is 157 Å². The summed E-state index contributed by atoms with van der Waals surface area (Å²) in [6.45, 7) is 4.54. The number of carbonyl (C=O) groups is 3. The number of carbonyl (C=O) groups excluding carboxylic acids is 3. The SMILES string of the molecule is Cc1sc2ncnc(SCC(=O)NCCN3C(=O)CSC3=O)c2c1C. The van der Waals surface area contributed by atoms with Crippen molar-refractivity contribution >= 4 is 62.1 Å². The van der Waals surface area contributed by atoms with Gasteiger partial charge in [-0.05, 0) is 19.4 Å². The molecule has 0 bridgehead atoms. The Kier molecular flexibility index (Phi) is 5.60. The highest BCUT2D eigenvalue weighted by Crippen LogP contribution is 2.34. The average Bonchev–Trinajstić information content (AvgIpc) is 3.06. The van der Waals surface area contributed by atoms with Crippen molar-refractivity contribution in [2.24, 2.45) is 0 Å². The van der Waals surface area contributed by atoms with Crippen molar-refractivity contribution in [3.63, 3.8) is 0 Å². The minimum Gasteiger partial charge on any atom is -0.354 e. The highest BCUT2D eigenvalue weighted by molar-refractivity contribution is 8.14. The van der Waals surface area contributed by atoms with Gasteiger partial charge in [0.2, 0.25) is 11.8 Å². The molecule has 7 nitrogen and oxygen atoms in total. The van der Waals surface area contributed by atoms with Crippen LogP contribution in [0.5, 0.6) is 0 Å². The van der Waals surface area contributed by atoms with Crippen LogP contribution in [0.3, 0.4) is 0 Å². The van der Waals surface area contributed by atoms with Crippen LogP contribution < -0.4 is 5.32 Å². The molecule has 0 unspecified atom stereocenters. The first-order valence-electron chi connectivity index (χ1n) is 7.54. The fourth-order valence-electron chi connectivity index (χ4n) is 2.35. The van der Waals surface area contributed by atoms with Crippen LogP contribution in [0.15, 0.2) is 11.4 Å². The van der Waals surface area contributed by atoms with E-state index in [1.807, 2.05) is 13.8 Å². The van der Waals surface area contributed by atoms with Crippen LogP contribution in [-0.2, 0) is 9.59 Å². The van der Waals surface area contributed by atoms with Gasteiger partial charge in [-0.2, -0.15) is 0 Å². The maximum atomic E-state index is 12.0. The van der Waals surface area contributed by atoms with E-state index in [0.29, 0.717) is 0 Å². The first kappa shape index (κ1) is 18.2. The quantitative estimate of drug-likeness (QED) is 0.591. The lowest BCUT2D eigenvalue weighted by Crippen LogP contribution is -2.38. The van der Waals surface area contributed by atoms with Gasteiger partial charge < -0.3 is 5.32 Å². The van der Waals surface area contributed by atoms with Crippen LogP contribution in [-0.4, -0.2) is 56.5 Å². The maximum Gasteiger partial charge on any atom is 0.288 e. The Morgan fingerprint density at radius 1 is 1.36 bits per heavy atom. The van der Waals surface area contributed by atoms with E-state index in [2.05, 4.69) is 15.3 Å². The fourth-order valence-corrected chi connectivity index (χ4v) is 5.05. The second-order valence-electron chi connectivity index (χ2n) is 5.38. The van der Waals surface area contributed by atoms with Gasteiger partial charge in [0, 0.05) is 23.4 Å². The number of imide groups is 1. The molecule has 1 saturated heterocycles. The van der Waals surface area contributed by atoms with E-state index in [1.165, 1.54) is 27.9 Å². The van der Waals surface area contributed by atoms with Gasteiger partial charge in [0.05, 0.1) is 11.5 Å². The molecule has 0 atom stereocenters. The largest absolute Gasteiger partial charge is 0.354 e. The number of thioether (sulfide) groups is 2. The summed E-state index contributed by atoms with van der Waals surface area (Å²) in [4.78, 5) is 46.8. The third-order valence-corrected chi connectivity index (χ3v) is 6.73. The molecule has 10 heteroatoms. The average molecular weight is 397 g/mol. The first-order chi connectivity index (χ1) is 12.0. The van der Waals surface area contributed by atoms with Gasteiger partial charge in [0.1, 0.15) is 16.2 Å². The molecule has 25 heavy (non-hydrogen) atoms. The Morgan fingerprint density at radius 3 is 2.88 bits per heavy atom. The van der Waals surface area contributed by atoms with Crippen LogP contribution in [0.25, 0.3) is 10.2 Å². The molecule has 0 aliphatic carbocycles. The zero-order valence-corrected chi connectivity index (χ0v) is 16.1. The van der Waals surface area contributed by atoms with E-state index < -0.39 is 0 Å². The summed E-state index contributed by atoms with van der Waals surface area (Å²) in [7, 11) is 0. The minimum absolute atomic E-state index is 0.159. The molecule has 3 heterocycles. The number of aromatic nitrogens is 2. The van der Waals surface area contributed by atoms with E-state index in [1.54, 1.807) is 11.3 Å². The molecule has 1 N–H and O–H groups in total. The summed E-state index contributed by atoms with van der Waals surface area (Å²) < 4.78 is 0. The monoisotopic (exact) mass is 396 g/mol. The molecule has 2 aromatic rings. The Balaban J connectivity index is 1.53. The van der Waals surface area contributed by atoms with Crippen molar-refractivity contribution in [1.29, 1.82) is 0 Å². The molecule has 132 valence electrons. The maximum absolute atomic E-state index is 12.0. The van der Waals surface area contributed by atoms with Gasteiger partial charge in [0.25, 0.3) is 5.24 Å². The molecule has 0 aromatic carbocycles. The van der Waals surface area contributed by atoms with Crippen LogP contribution >= 0.6 is 34.9 Å². The number of fused-ring (bicyclic) bond motifs is 1. The van der Waals surface area contributed by atoms with E-state index in [9.17, 15) is 14.4 Å². The number of aryl methyl sites for hydroxylation is 2. The number of nitrogens with one attached hydrogen (secondary N) is 1. The third kappa shape index (κ3) is 3.96. The van der Waals surface area contributed by atoms with Crippen molar-refractivity contribution in [3.8, 4) is 0 Å². The molecule has 0 radical (unpaired) electrons. The zero-order valence-electron chi connectivity index (χ0n) is 13.7. The smallest absolute Gasteiger partial charge is 0.288 e. The molecule has 2 aromatic heterocycles. The minimum atomic E-state index is -0.250. The third-order valence-electron chi connectivity index (χ3n) is 3.77. The van der Waals surface area contributed by atoms with Gasteiger partial charge >= 0.3 is 0 Å². The molecule has 0 spiro atoms. The first-order valence-corrected chi connectivity index (χ1v) is 10.3. The fraction of sp³-hybridized carbons (Fsp3) is 0.400. The number of amides is 3. The van der Waals surface area contributed by atoms with Crippen LogP contribution in [0.4, 0.5) is 4.79 Å². The Hall–Kier alpha value is -1.65. The highest BCUT2D eigenvalue weighted by Gasteiger charge is 2.29. The normalized spacial score (nSPS) is 14.6. The van der Waals surface area contributed by atoms with Gasteiger partial charge in [-0.25, -0.2) is 9.97 Å². The summed E-state index contributed by atoms with van der Waals surface area (Å²) in [5.74, 6) is 0.0430.